The molecule has 10 heteroatoms. The number of rotatable bonds is 5. The van der Waals surface area contributed by atoms with E-state index in [0.29, 0.717) is 36.4 Å². The number of nitrogens with one attached hydrogen (secondary N) is 1. The Morgan fingerprint density at radius 3 is 2.32 bits per heavy atom. The van der Waals surface area contributed by atoms with Crippen molar-refractivity contribution in [2.24, 2.45) is 0 Å². The third-order valence-corrected chi connectivity index (χ3v) is 6.19. The maximum Gasteiger partial charge on any atom is 0.335 e. The number of benzene rings is 3. The number of hydrogen-bond acceptors (Lipinski definition) is 4. The number of imide groups is 2. The topological polar surface area (TPSA) is 75.7 Å². The van der Waals surface area contributed by atoms with Crippen LogP contribution in [0.2, 0.25) is 15.1 Å². The van der Waals surface area contributed by atoms with Gasteiger partial charge in [-0.05, 0) is 60.7 Å². The number of halogens is 4. The van der Waals surface area contributed by atoms with Crippen LogP contribution in [0.5, 0.6) is 5.75 Å². The van der Waals surface area contributed by atoms with Gasteiger partial charge in [-0.2, -0.15) is 0 Å². The summed E-state index contributed by atoms with van der Waals surface area (Å²) in [6.07, 6.45) is 1.37. The number of ether oxygens (including phenoxy) is 1. The first-order valence-electron chi connectivity index (χ1n) is 9.76. The predicted molar refractivity (Wildman–Crippen MR) is 135 cm³/mol. The minimum Gasteiger partial charge on any atom is -0.488 e. The van der Waals surface area contributed by atoms with Crippen LogP contribution < -0.4 is 15.0 Å². The molecular weight excluding hydrogens is 567 g/mol. The summed E-state index contributed by atoms with van der Waals surface area (Å²) in [5.74, 6) is -1.19. The van der Waals surface area contributed by atoms with Crippen LogP contribution in [-0.2, 0) is 16.2 Å². The first-order valence-corrected chi connectivity index (χ1v) is 11.7. The van der Waals surface area contributed by atoms with Crippen molar-refractivity contribution in [3.05, 3.63) is 96.9 Å². The van der Waals surface area contributed by atoms with Crippen molar-refractivity contribution in [3.8, 4) is 5.75 Å². The van der Waals surface area contributed by atoms with Crippen LogP contribution >= 0.6 is 50.7 Å². The number of hydrogen-bond donors (Lipinski definition) is 1. The normalized spacial score (nSPS) is 15.0. The van der Waals surface area contributed by atoms with Crippen molar-refractivity contribution in [2.45, 2.75) is 6.61 Å². The summed E-state index contributed by atoms with van der Waals surface area (Å²) in [6.45, 7) is 0.128. The van der Waals surface area contributed by atoms with Crippen LogP contribution in [0, 0.1) is 0 Å². The maximum absolute atomic E-state index is 13.1. The van der Waals surface area contributed by atoms with Gasteiger partial charge in [-0.3, -0.25) is 14.9 Å². The first-order chi connectivity index (χ1) is 16.2. The molecule has 1 aliphatic rings. The monoisotopic (exact) mass is 578 g/mol. The lowest BCUT2D eigenvalue weighted by Crippen LogP contribution is -2.54. The van der Waals surface area contributed by atoms with Crippen molar-refractivity contribution in [1.82, 2.24) is 5.32 Å². The number of nitrogens with zero attached hydrogens (tertiary/aromatic N) is 1. The van der Waals surface area contributed by atoms with E-state index >= 15 is 0 Å². The van der Waals surface area contributed by atoms with E-state index in [2.05, 4.69) is 21.2 Å². The number of carbonyl (C=O) groups is 3. The Kier molecular flexibility index (Phi) is 7.28. The molecular formula is C24H14BrCl3N2O4. The summed E-state index contributed by atoms with van der Waals surface area (Å²) >= 11 is 21.5. The molecule has 0 radical (unpaired) electrons. The van der Waals surface area contributed by atoms with Gasteiger partial charge in [0, 0.05) is 30.7 Å². The molecule has 1 heterocycles. The van der Waals surface area contributed by atoms with Crippen molar-refractivity contribution < 1.29 is 19.1 Å². The molecule has 0 aliphatic carbocycles. The Balaban J connectivity index is 1.67. The lowest BCUT2D eigenvalue weighted by molar-refractivity contribution is -0.122. The van der Waals surface area contributed by atoms with Gasteiger partial charge in [0.15, 0.2) is 0 Å². The second kappa shape index (κ2) is 10.2. The number of amides is 4. The highest BCUT2D eigenvalue weighted by molar-refractivity contribution is 9.10. The van der Waals surface area contributed by atoms with E-state index in [4.69, 9.17) is 39.5 Å². The Morgan fingerprint density at radius 1 is 0.912 bits per heavy atom. The van der Waals surface area contributed by atoms with Crippen LogP contribution in [0.4, 0.5) is 10.5 Å². The summed E-state index contributed by atoms with van der Waals surface area (Å²) < 4.78 is 6.63. The third-order valence-electron chi connectivity index (χ3n) is 4.86. The molecule has 1 aliphatic heterocycles. The number of carbonyl (C=O) groups excluding carboxylic acids is 3. The van der Waals surface area contributed by atoms with E-state index in [1.807, 2.05) is 0 Å². The van der Waals surface area contributed by atoms with Crippen LogP contribution in [0.25, 0.3) is 6.08 Å². The minimum atomic E-state index is -0.849. The van der Waals surface area contributed by atoms with Crippen LogP contribution in [0.1, 0.15) is 11.1 Å². The predicted octanol–water partition coefficient (Wildman–Crippen LogP) is 6.65. The van der Waals surface area contributed by atoms with Gasteiger partial charge in [0.25, 0.3) is 11.8 Å². The molecule has 1 fully saturated rings. The van der Waals surface area contributed by atoms with Crippen molar-refractivity contribution in [2.75, 3.05) is 4.90 Å². The summed E-state index contributed by atoms with van der Waals surface area (Å²) in [5.41, 5.74) is 1.19. The fourth-order valence-corrected chi connectivity index (χ4v) is 4.16. The summed E-state index contributed by atoms with van der Waals surface area (Å²) in [7, 11) is 0. The Morgan fingerprint density at radius 2 is 1.62 bits per heavy atom. The molecule has 0 bridgehead atoms. The Hall–Kier alpha value is -2.84. The second-order valence-electron chi connectivity index (χ2n) is 7.14. The molecule has 0 unspecified atom stereocenters. The number of barbiturate groups is 1. The Labute approximate surface area is 218 Å². The van der Waals surface area contributed by atoms with Gasteiger partial charge in [-0.1, -0.05) is 56.8 Å². The quantitative estimate of drug-likeness (QED) is 0.271. The van der Waals surface area contributed by atoms with Gasteiger partial charge >= 0.3 is 6.03 Å². The van der Waals surface area contributed by atoms with Gasteiger partial charge in [0.2, 0.25) is 0 Å². The SMILES string of the molecule is O=C1NC(=O)N(c2ccc(Cl)cc2)C(=O)/C1=C/c1cc(Br)ccc1OCc1ccc(Cl)cc1Cl. The minimum absolute atomic E-state index is 0.128. The molecule has 1 saturated heterocycles. The van der Waals surface area contributed by atoms with Gasteiger partial charge in [0.1, 0.15) is 17.9 Å². The van der Waals surface area contributed by atoms with Gasteiger partial charge in [0.05, 0.1) is 5.69 Å². The highest BCUT2D eigenvalue weighted by Crippen LogP contribution is 2.30. The fraction of sp³-hybridized carbons (Fsp3) is 0.0417. The second-order valence-corrected chi connectivity index (χ2v) is 9.34. The molecule has 0 atom stereocenters. The molecule has 3 aromatic rings. The zero-order valence-electron chi connectivity index (χ0n) is 17.2. The summed E-state index contributed by atoms with van der Waals surface area (Å²) in [4.78, 5) is 39.0. The zero-order valence-corrected chi connectivity index (χ0v) is 21.0. The molecule has 4 amide bonds. The van der Waals surface area contributed by atoms with Crippen molar-refractivity contribution >= 4 is 80.3 Å². The average molecular weight is 581 g/mol. The zero-order chi connectivity index (χ0) is 24.4. The molecule has 0 spiro atoms. The van der Waals surface area contributed by atoms with E-state index in [1.165, 1.54) is 18.2 Å². The standard InChI is InChI=1S/C24H14BrCl3N2O4/c25-15-2-8-21(34-12-13-1-3-17(27)11-20(13)28)14(9-15)10-19-22(31)29-24(33)30(23(19)32)18-6-4-16(26)5-7-18/h1-11H,12H2,(H,29,31,33)/b19-10+. The van der Waals surface area contributed by atoms with Crippen molar-refractivity contribution in [3.63, 3.8) is 0 Å². The van der Waals surface area contributed by atoms with Gasteiger partial charge < -0.3 is 4.74 Å². The highest BCUT2D eigenvalue weighted by Gasteiger charge is 2.37. The lowest BCUT2D eigenvalue weighted by Gasteiger charge is -2.26. The van der Waals surface area contributed by atoms with Crippen LogP contribution in [0.3, 0.4) is 0 Å². The van der Waals surface area contributed by atoms with E-state index in [9.17, 15) is 14.4 Å². The lowest BCUT2D eigenvalue weighted by atomic mass is 10.1. The fourth-order valence-electron chi connectivity index (χ4n) is 3.20. The van der Waals surface area contributed by atoms with Gasteiger partial charge in [-0.15, -0.1) is 0 Å². The van der Waals surface area contributed by atoms with E-state index in [-0.39, 0.29) is 17.9 Å². The smallest absolute Gasteiger partial charge is 0.335 e. The summed E-state index contributed by atoms with van der Waals surface area (Å²) in [6, 6.07) is 15.4. The van der Waals surface area contributed by atoms with Crippen LogP contribution in [-0.4, -0.2) is 17.8 Å². The van der Waals surface area contributed by atoms with Gasteiger partial charge in [-0.25, -0.2) is 9.69 Å². The van der Waals surface area contributed by atoms with E-state index < -0.39 is 17.8 Å². The van der Waals surface area contributed by atoms with E-state index in [0.717, 1.165) is 4.90 Å². The molecule has 4 rings (SSSR count). The van der Waals surface area contributed by atoms with Crippen molar-refractivity contribution in [1.29, 1.82) is 0 Å². The number of urea groups is 1. The largest absolute Gasteiger partial charge is 0.488 e. The first kappa shape index (κ1) is 24.3. The molecule has 0 saturated carbocycles. The molecule has 172 valence electrons. The Bertz CT molecular complexity index is 1340. The van der Waals surface area contributed by atoms with Crippen LogP contribution in [0.15, 0.2) is 70.7 Å². The molecule has 3 aromatic carbocycles. The molecule has 34 heavy (non-hydrogen) atoms. The average Bonchev–Trinajstić information content (AvgIpc) is 2.78. The molecule has 6 nitrogen and oxygen atoms in total. The molecule has 1 N–H and O–H groups in total. The molecule has 0 aromatic heterocycles. The van der Waals surface area contributed by atoms with E-state index in [1.54, 1.807) is 48.5 Å². The third kappa shape index (κ3) is 5.28. The highest BCUT2D eigenvalue weighted by atomic mass is 79.9. The maximum atomic E-state index is 13.1. The summed E-state index contributed by atoms with van der Waals surface area (Å²) in [5, 5.41) is 3.58. The number of anilines is 1.